The molecule has 11 aromatic carbocycles. The van der Waals surface area contributed by atoms with Gasteiger partial charge in [0.05, 0.1) is 27.5 Å². The number of benzene rings is 11. The molecule has 0 fully saturated rings. The second-order valence-electron chi connectivity index (χ2n) is 19.8. The molecular formula is C69H38N4O4. The number of para-hydroxylation sites is 4. The Morgan fingerprint density at radius 1 is 0.260 bits per heavy atom. The molecule has 6 aromatic heterocycles. The molecule has 0 radical (unpaired) electrons. The Morgan fingerprint density at radius 3 is 1.30 bits per heavy atom. The van der Waals surface area contributed by atoms with E-state index >= 15 is 0 Å². The van der Waals surface area contributed by atoms with Gasteiger partial charge in [0.25, 0.3) is 0 Å². The zero-order valence-corrected chi connectivity index (χ0v) is 40.9. The van der Waals surface area contributed by atoms with Crippen LogP contribution in [0.5, 0.6) is 0 Å². The summed E-state index contributed by atoms with van der Waals surface area (Å²) in [6.07, 6.45) is 0. The smallest absolute Gasteiger partial charge is 0.164 e. The van der Waals surface area contributed by atoms with E-state index in [9.17, 15) is 0 Å². The maximum atomic E-state index is 7.00. The predicted octanol–water partition coefficient (Wildman–Crippen LogP) is 18.9. The third-order valence-electron chi connectivity index (χ3n) is 15.5. The van der Waals surface area contributed by atoms with Crippen molar-refractivity contribution >= 4 is 110 Å². The molecule has 0 aliphatic carbocycles. The fourth-order valence-electron chi connectivity index (χ4n) is 12.0. The van der Waals surface area contributed by atoms with Crippen LogP contribution in [0.25, 0.3) is 172 Å². The normalized spacial score (nSPS) is 12.2. The van der Waals surface area contributed by atoms with E-state index in [0.29, 0.717) is 17.5 Å². The van der Waals surface area contributed by atoms with Gasteiger partial charge in [-0.1, -0.05) is 146 Å². The Bertz CT molecular complexity index is 5100. The van der Waals surface area contributed by atoms with Gasteiger partial charge in [0.1, 0.15) is 44.7 Å². The lowest BCUT2D eigenvalue weighted by Gasteiger charge is -2.21. The van der Waals surface area contributed by atoms with E-state index in [1.807, 2.05) is 60.7 Å². The number of hydrogen-bond acceptors (Lipinski definition) is 7. The molecule has 358 valence electrons. The van der Waals surface area contributed by atoms with Crippen LogP contribution < -0.4 is 0 Å². The summed E-state index contributed by atoms with van der Waals surface area (Å²) in [7, 11) is 0. The summed E-state index contributed by atoms with van der Waals surface area (Å²) in [4.78, 5) is 16.0. The van der Waals surface area contributed by atoms with Crippen LogP contribution >= 0.6 is 0 Å². The molecule has 17 rings (SSSR count). The van der Waals surface area contributed by atoms with Gasteiger partial charge in [0.2, 0.25) is 0 Å². The molecule has 8 nitrogen and oxygen atoms in total. The topological polar surface area (TPSA) is 96.2 Å². The van der Waals surface area contributed by atoms with Crippen molar-refractivity contribution < 1.29 is 17.7 Å². The standard InChI is InChI=1S/C69H38N4O4/c1-3-15-39(16-4-1)52-35-43(69-71-67(41-27-29-47-44-19-8-12-24-56(44)74-60(47)37-41)70-68(72-69)42-28-30-48-45-20-9-13-25-57(45)75-61(48)38-42)36-53(40-17-5-2-6-18-40)64(52)73-54-23-11-7-22-50(54)62-55(73)33-31-51-63-59(77-66(51)62)34-32-49-46-21-10-14-26-58(46)76-65(49)63/h1-38H. The van der Waals surface area contributed by atoms with E-state index in [2.05, 4.69) is 174 Å². The average Bonchev–Trinajstić information content (AvgIpc) is 4.52. The lowest BCUT2D eigenvalue weighted by Crippen LogP contribution is -2.04. The Kier molecular flexibility index (Phi) is 8.68. The molecule has 0 N–H and O–H groups in total. The number of fused-ring (bicyclic) bond motifs is 17. The first kappa shape index (κ1) is 41.9. The summed E-state index contributed by atoms with van der Waals surface area (Å²) in [6, 6.07) is 79.8. The molecule has 6 heterocycles. The fourth-order valence-corrected chi connectivity index (χ4v) is 12.0. The molecule has 0 aliphatic heterocycles. The first-order valence-electron chi connectivity index (χ1n) is 25.7. The van der Waals surface area contributed by atoms with Gasteiger partial charge in [-0.15, -0.1) is 0 Å². The second-order valence-corrected chi connectivity index (χ2v) is 19.8. The van der Waals surface area contributed by atoms with Crippen LogP contribution in [0.3, 0.4) is 0 Å². The monoisotopic (exact) mass is 986 g/mol. The van der Waals surface area contributed by atoms with E-state index in [0.717, 1.165) is 154 Å². The highest BCUT2D eigenvalue weighted by atomic mass is 16.3. The average molecular weight is 987 g/mol. The highest BCUT2D eigenvalue weighted by molar-refractivity contribution is 6.29. The summed E-state index contributed by atoms with van der Waals surface area (Å²) >= 11 is 0. The van der Waals surface area contributed by atoms with Crippen LogP contribution in [-0.4, -0.2) is 19.5 Å². The van der Waals surface area contributed by atoms with Crippen LogP contribution in [0, 0.1) is 0 Å². The quantitative estimate of drug-likeness (QED) is 0.164. The minimum absolute atomic E-state index is 0.515. The van der Waals surface area contributed by atoms with Crippen molar-refractivity contribution in [2.45, 2.75) is 0 Å². The van der Waals surface area contributed by atoms with Gasteiger partial charge in [-0.25, -0.2) is 15.0 Å². The lowest BCUT2D eigenvalue weighted by molar-refractivity contribution is 0.664. The van der Waals surface area contributed by atoms with Gasteiger partial charge in [-0.05, 0) is 96.1 Å². The van der Waals surface area contributed by atoms with E-state index in [-0.39, 0.29) is 0 Å². The van der Waals surface area contributed by atoms with Crippen LogP contribution in [0.1, 0.15) is 0 Å². The summed E-state index contributed by atoms with van der Waals surface area (Å²) in [5.74, 6) is 1.55. The zero-order valence-electron chi connectivity index (χ0n) is 40.9. The summed E-state index contributed by atoms with van der Waals surface area (Å²) in [6.45, 7) is 0. The van der Waals surface area contributed by atoms with Crippen molar-refractivity contribution in [3.05, 3.63) is 231 Å². The third kappa shape index (κ3) is 6.24. The number of nitrogens with zero attached hydrogens (tertiary/aromatic N) is 4. The van der Waals surface area contributed by atoms with Crippen molar-refractivity contribution in [1.29, 1.82) is 0 Å². The van der Waals surface area contributed by atoms with Crippen LogP contribution in [-0.2, 0) is 0 Å². The minimum atomic E-state index is 0.515. The van der Waals surface area contributed by atoms with Gasteiger partial charge in [-0.2, -0.15) is 0 Å². The van der Waals surface area contributed by atoms with Gasteiger partial charge >= 0.3 is 0 Å². The highest BCUT2D eigenvalue weighted by Gasteiger charge is 2.26. The lowest BCUT2D eigenvalue weighted by atomic mass is 9.92. The van der Waals surface area contributed by atoms with E-state index in [1.165, 1.54) is 0 Å². The van der Waals surface area contributed by atoms with Crippen LogP contribution in [0.2, 0.25) is 0 Å². The Balaban J connectivity index is 0.940. The molecule has 0 spiro atoms. The molecule has 17 aromatic rings. The van der Waals surface area contributed by atoms with Crippen molar-refractivity contribution in [2.24, 2.45) is 0 Å². The Labute approximate surface area is 437 Å². The van der Waals surface area contributed by atoms with Crippen molar-refractivity contribution in [3.63, 3.8) is 0 Å². The Hall–Kier alpha value is -10.6. The number of furan rings is 4. The second kappa shape index (κ2) is 16.0. The van der Waals surface area contributed by atoms with Gasteiger partial charge in [0, 0.05) is 70.9 Å². The molecule has 0 saturated carbocycles. The van der Waals surface area contributed by atoms with E-state index in [1.54, 1.807) is 0 Å². The largest absolute Gasteiger partial charge is 0.456 e. The molecule has 0 bridgehead atoms. The molecule has 0 aliphatic rings. The maximum absolute atomic E-state index is 7.00. The maximum Gasteiger partial charge on any atom is 0.164 e. The first-order chi connectivity index (χ1) is 38.1. The molecular weight excluding hydrogens is 949 g/mol. The SMILES string of the molecule is c1ccc(-c2cc(-c3nc(-c4ccc5c(c4)oc4ccccc45)nc(-c4ccc5c(c4)oc4ccccc45)n3)cc(-c3ccccc3)c2-n2c3ccccc3c3c4oc5ccc6c7ccccc7oc6c5c4ccc32)cc1. The van der Waals surface area contributed by atoms with E-state index in [4.69, 9.17) is 32.6 Å². The first-order valence-corrected chi connectivity index (χ1v) is 25.7. The van der Waals surface area contributed by atoms with Crippen molar-refractivity contribution in [1.82, 2.24) is 19.5 Å². The molecule has 77 heavy (non-hydrogen) atoms. The molecule has 0 atom stereocenters. The third-order valence-corrected chi connectivity index (χ3v) is 15.5. The molecule has 0 saturated heterocycles. The molecule has 0 unspecified atom stereocenters. The zero-order chi connectivity index (χ0) is 50.3. The minimum Gasteiger partial charge on any atom is -0.456 e. The van der Waals surface area contributed by atoms with E-state index < -0.39 is 0 Å². The Morgan fingerprint density at radius 2 is 0.701 bits per heavy atom. The summed E-state index contributed by atoms with van der Waals surface area (Å²) < 4.78 is 28.9. The molecule has 8 heteroatoms. The van der Waals surface area contributed by atoms with Crippen LogP contribution in [0.15, 0.2) is 248 Å². The number of hydrogen-bond donors (Lipinski definition) is 0. The van der Waals surface area contributed by atoms with Crippen molar-refractivity contribution in [3.8, 4) is 62.1 Å². The van der Waals surface area contributed by atoms with Gasteiger partial charge in [0.15, 0.2) is 17.5 Å². The van der Waals surface area contributed by atoms with Crippen LogP contribution in [0.4, 0.5) is 0 Å². The fraction of sp³-hybridized carbons (Fsp3) is 0. The predicted molar refractivity (Wildman–Crippen MR) is 310 cm³/mol. The summed E-state index contributed by atoms with van der Waals surface area (Å²) in [5.41, 5.74) is 16.0. The number of aromatic nitrogens is 4. The highest BCUT2D eigenvalue weighted by Crippen LogP contribution is 2.48. The van der Waals surface area contributed by atoms with Gasteiger partial charge < -0.3 is 22.2 Å². The molecule has 0 amide bonds. The van der Waals surface area contributed by atoms with Gasteiger partial charge in [-0.3, -0.25) is 0 Å². The summed E-state index contributed by atoms with van der Waals surface area (Å²) in [5, 5.41) is 10.4. The van der Waals surface area contributed by atoms with Crippen molar-refractivity contribution in [2.75, 3.05) is 0 Å². The number of rotatable bonds is 6.